The van der Waals surface area contributed by atoms with E-state index in [1.54, 1.807) is 36.5 Å². The summed E-state index contributed by atoms with van der Waals surface area (Å²) in [6, 6.07) is 11.0. The molecule has 47 heavy (non-hydrogen) atoms. The summed E-state index contributed by atoms with van der Waals surface area (Å²) in [6.45, 7) is -0.615. The van der Waals surface area contributed by atoms with Crippen molar-refractivity contribution in [2.75, 3.05) is 6.61 Å². The molecule has 0 unspecified atom stereocenters. The summed E-state index contributed by atoms with van der Waals surface area (Å²) in [5, 5.41) is 10.8. The Morgan fingerprint density at radius 1 is 1.17 bits per heavy atom. The van der Waals surface area contributed by atoms with Crippen LogP contribution in [0.25, 0.3) is 22.6 Å². The van der Waals surface area contributed by atoms with Gasteiger partial charge in [0.05, 0.1) is 40.3 Å². The number of alkyl carbamates (subject to hydrolysis) is 1. The van der Waals surface area contributed by atoms with Crippen LogP contribution >= 0.6 is 11.6 Å². The van der Waals surface area contributed by atoms with Gasteiger partial charge in [-0.15, -0.1) is 0 Å². The highest BCUT2D eigenvalue weighted by Gasteiger charge is 2.64. The highest BCUT2D eigenvalue weighted by atomic mass is 35.5. The van der Waals surface area contributed by atoms with Crippen molar-refractivity contribution in [1.82, 2.24) is 35.2 Å². The number of aliphatic imine (C=N–C) groups is 1. The van der Waals surface area contributed by atoms with E-state index in [0.29, 0.717) is 11.1 Å². The van der Waals surface area contributed by atoms with Crippen LogP contribution < -0.4 is 11.1 Å². The number of aromatic nitrogens is 5. The van der Waals surface area contributed by atoms with E-state index in [1.165, 1.54) is 18.2 Å². The lowest BCUT2D eigenvalue weighted by Gasteiger charge is -2.29. The first-order valence-corrected chi connectivity index (χ1v) is 14.4. The number of nitrogens with two attached hydrogens (primary N) is 1. The van der Waals surface area contributed by atoms with Crippen molar-refractivity contribution in [2.45, 2.75) is 41.9 Å². The molecule has 1 saturated carbocycles. The number of rotatable bonds is 9. The van der Waals surface area contributed by atoms with E-state index in [-0.39, 0.29) is 35.2 Å². The monoisotopic (exact) mass is 657 g/mol. The van der Waals surface area contributed by atoms with Gasteiger partial charge in [0, 0.05) is 11.8 Å². The van der Waals surface area contributed by atoms with Gasteiger partial charge in [-0.1, -0.05) is 41.9 Å². The summed E-state index contributed by atoms with van der Waals surface area (Å²) in [4.78, 5) is 36.2. The Labute approximate surface area is 274 Å². The lowest BCUT2D eigenvalue weighted by atomic mass is 9.49. The minimum atomic E-state index is -4.67. The van der Waals surface area contributed by atoms with Crippen LogP contribution in [-0.2, 0) is 14.8 Å². The second-order valence-corrected chi connectivity index (χ2v) is 11.5. The third-order valence-electron chi connectivity index (χ3n) is 7.87. The number of halogens is 4. The number of nitrogens with one attached hydrogen (secondary N) is 2. The van der Waals surface area contributed by atoms with Crippen LogP contribution in [0.3, 0.4) is 0 Å². The van der Waals surface area contributed by atoms with E-state index in [9.17, 15) is 22.8 Å². The van der Waals surface area contributed by atoms with Crippen LogP contribution in [0.15, 0.2) is 66.0 Å². The number of amides is 2. The van der Waals surface area contributed by atoms with E-state index in [4.69, 9.17) is 45.6 Å². The number of aromatic amines is 1. The standard InChI is InChI=1S/C28H22B3ClF3N9O3/c29-28(30,31)44-22(37-13-39-44)17-11-16(5-6-18(17)32)20(12-47-25(46)41-26(8-9-26)27(33,34)35)43-23(45)21(40-24(43)36)15-3-1-14(2-4-15)19-7-10-38-42-19/h1-7,10-11,13,20-21H,8-9,12H2,(H2,36,40)(H,38,42)(H,41,46)/t20-,21-/m1/s1. The fourth-order valence-corrected chi connectivity index (χ4v) is 5.43. The topological polar surface area (TPSA) is 156 Å². The second-order valence-electron chi connectivity index (χ2n) is 11.1. The number of nitrogens with zero attached hydrogens (tertiary/aromatic N) is 6. The van der Waals surface area contributed by atoms with Crippen molar-refractivity contribution in [2.24, 2.45) is 10.7 Å². The molecule has 6 rings (SSSR count). The van der Waals surface area contributed by atoms with Crippen LogP contribution in [0.1, 0.15) is 36.1 Å². The molecular formula is C28H22B3ClF3N9O3. The third kappa shape index (κ3) is 6.21. The van der Waals surface area contributed by atoms with Gasteiger partial charge in [0.2, 0.25) is 0 Å². The maximum absolute atomic E-state index is 13.9. The first-order valence-electron chi connectivity index (χ1n) is 14.0. The van der Waals surface area contributed by atoms with Gasteiger partial charge < -0.3 is 15.8 Å². The zero-order valence-corrected chi connectivity index (χ0v) is 25.0. The number of carbonyl (C=O) groups is 2. The SMILES string of the molecule is [B]C([B])([B])n1ncnc1-c1cc([C@@H](COC(=O)NC2(C(F)(F)F)CC2)N2C(=O)[C@@H](c3ccc(-c4ccn[nH]4)cc3)N=C2N)ccc1Cl. The Bertz CT molecular complexity index is 1840. The fraction of sp³-hybridized carbons (Fsp3) is 0.286. The Morgan fingerprint density at radius 3 is 2.51 bits per heavy atom. The van der Waals surface area contributed by atoms with E-state index in [2.05, 4.69) is 25.3 Å². The van der Waals surface area contributed by atoms with E-state index >= 15 is 0 Å². The molecule has 2 aromatic heterocycles. The Hall–Kier alpha value is -4.73. The molecule has 19 heteroatoms. The summed E-state index contributed by atoms with van der Waals surface area (Å²) in [6.07, 6.45) is -3.81. The molecule has 2 aliphatic rings. The fourth-order valence-electron chi connectivity index (χ4n) is 5.23. The molecule has 1 aliphatic heterocycles. The zero-order chi connectivity index (χ0) is 33.7. The smallest absolute Gasteiger partial charge is 0.411 e. The minimum Gasteiger partial charge on any atom is -0.447 e. The van der Waals surface area contributed by atoms with Gasteiger partial charge in [-0.3, -0.25) is 19.5 Å². The van der Waals surface area contributed by atoms with Crippen LogP contribution in [0.4, 0.5) is 18.0 Å². The van der Waals surface area contributed by atoms with E-state index in [1.807, 2.05) is 5.32 Å². The molecule has 3 heterocycles. The molecule has 4 aromatic rings. The van der Waals surface area contributed by atoms with Crippen molar-refractivity contribution >= 4 is 53.1 Å². The molecule has 2 amide bonds. The van der Waals surface area contributed by atoms with Crippen molar-refractivity contribution in [3.63, 3.8) is 0 Å². The molecule has 6 radical (unpaired) electrons. The van der Waals surface area contributed by atoms with Crippen LogP contribution in [0.5, 0.6) is 0 Å². The minimum absolute atomic E-state index is 0.0623. The number of carbonyl (C=O) groups excluding carboxylic acids is 2. The zero-order valence-electron chi connectivity index (χ0n) is 24.3. The Kier molecular flexibility index (Phi) is 8.10. The number of hydrogen-bond acceptors (Lipinski definition) is 8. The predicted octanol–water partition coefficient (Wildman–Crippen LogP) is 2.82. The van der Waals surface area contributed by atoms with Crippen LogP contribution in [0.2, 0.25) is 5.02 Å². The number of benzene rings is 2. The average Bonchev–Trinajstić information content (AvgIpc) is 3.35. The lowest BCUT2D eigenvalue weighted by molar-refractivity contribution is -0.164. The van der Waals surface area contributed by atoms with Crippen molar-refractivity contribution in [3.8, 4) is 22.6 Å². The molecule has 0 spiro atoms. The predicted molar refractivity (Wildman–Crippen MR) is 166 cm³/mol. The number of alkyl halides is 3. The Morgan fingerprint density at radius 2 is 1.89 bits per heavy atom. The average molecular weight is 657 g/mol. The molecule has 0 bridgehead atoms. The van der Waals surface area contributed by atoms with Crippen molar-refractivity contribution in [3.05, 3.63) is 77.2 Å². The van der Waals surface area contributed by atoms with Gasteiger partial charge in [0.15, 0.2) is 17.8 Å². The van der Waals surface area contributed by atoms with E-state index in [0.717, 1.165) is 27.2 Å². The molecule has 4 N–H and O–H groups in total. The van der Waals surface area contributed by atoms with Crippen molar-refractivity contribution in [1.29, 1.82) is 0 Å². The number of hydrogen-bond donors (Lipinski definition) is 3. The summed E-state index contributed by atoms with van der Waals surface area (Å²) >= 11 is 6.49. The van der Waals surface area contributed by atoms with Gasteiger partial charge in [0.25, 0.3) is 5.91 Å². The maximum Gasteiger partial charge on any atom is 0.411 e. The maximum atomic E-state index is 13.9. The van der Waals surface area contributed by atoms with Gasteiger partial charge >= 0.3 is 12.3 Å². The van der Waals surface area contributed by atoms with Gasteiger partial charge in [-0.05, 0) is 53.0 Å². The second kappa shape index (κ2) is 11.8. The van der Waals surface area contributed by atoms with Gasteiger partial charge in [-0.2, -0.15) is 23.4 Å². The lowest BCUT2D eigenvalue weighted by Crippen LogP contribution is -2.49. The molecular weight excluding hydrogens is 635 g/mol. The number of guanidine groups is 1. The Balaban J connectivity index is 1.33. The quantitative estimate of drug-likeness (QED) is 0.234. The highest BCUT2D eigenvalue weighted by Crippen LogP contribution is 2.49. The molecule has 234 valence electrons. The van der Waals surface area contributed by atoms with Gasteiger partial charge in [-0.25, -0.2) is 14.8 Å². The highest BCUT2D eigenvalue weighted by molar-refractivity contribution is 6.56. The number of ether oxygens (including phenoxy) is 1. The molecule has 1 fully saturated rings. The normalized spacial score (nSPS) is 18.1. The molecule has 1 aliphatic carbocycles. The van der Waals surface area contributed by atoms with Crippen LogP contribution in [0, 0.1) is 0 Å². The summed E-state index contributed by atoms with van der Waals surface area (Å²) in [5.74, 6) is -0.735. The summed E-state index contributed by atoms with van der Waals surface area (Å²) in [7, 11) is 17.5. The molecule has 2 atom stereocenters. The van der Waals surface area contributed by atoms with E-state index < -0.39 is 47.6 Å². The largest absolute Gasteiger partial charge is 0.447 e. The third-order valence-corrected chi connectivity index (χ3v) is 8.20. The van der Waals surface area contributed by atoms with Gasteiger partial charge in [0.1, 0.15) is 18.5 Å². The molecule has 2 aromatic carbocycles. The summed E-state index contributed by atoms with van der Waals surface area (Å²) < 4.78 is 46.8. The molecule has 12 nitrogen and oxygen atoms in total. The first-order chi connectivity index (χ1) is 22.2. The first kappa shape index (κ1) is 32.2. The summed E-state index contributed by atoms with van der Waals surface area (Å²) in [5.41, 5.74) is 6.54. The number of H-pyrrole nitrogens is 1. The molecule has 0 saturated heterocycles. The van der Waals surface area contributed by atoms with Crippen molar-refractivity contribution < 1.29 is 27.5 Å². The van der Waals surface area contributed by atoms with Crippen LogP contribution in [-0.4, -0.2) is 89.7 Å².